The number of esters is 2. The van der Waals surface area contributed by atoms with E-state index in [1.807, 2.05) is 20.8 Å². The normalized spacial score (nSPS) is 14.7. The first kappa shape index (κ1) is 22.9. The van der Waals surface area contributed by atoms with E-state index in [9.17, 15) is 9.59 Å². The van der Waals surface area contributed by atoms with Gasteiger partial charge in [-0.15, -0.1) is 0 Å². The van der Waals surface area contributed by atoms with Gasteiger partial charge >= 0.3 is 11.9 Å². The highest BCUT2D eigenvalue weighted by atomic mass is 16.6. The van der Waals surface area contributed by atoms with Crippen LogP contribution in [0.25, 0.3) is 0 Å². The van der Waals surface area contributed by atoms with Crippen molar-refractivity contribution in [2.45, 2.75) is 98.5 Å². The predicted octanol–water partition coefficient (Wildman–Crippen LogP) is 5.28. The summed E-state index contributed by atoms with van der Waals surface area (Å²) in [6.07, 6.45) is 8.06. The number of carbonyl (C=O) groups excluding carboxylic acids is 2. The van der Waals surface area contributed by atoms with E-state index in [2.05, 4.69) is 13.8 Å². The quantitative estimate of drug-likeness (QED) is 0.403. The second-order valence-corrected chi connectivity index (χ2v) is 6.70. The molecule has 3 atom stereocenters. The third-order valence-electron chi connectivity index (χ3n) is 4.55. The van der Waals surface area contributed by atoms with Crippen LogP contribution in [0.5, 0.6) is 0 Å². The van der Waals surface area contributed by atoms with Crippen molar-refractivity contribution in [3.05, 3.63) is 0 Å². The van der Waals surface area contributed by atoms with Crippen molar-refractivity contribution in [2.75, 3.05) is 6.61 Å². The van der Waals surface area contributed by atoms with Crippen LogP contribution < -0.4 is 0 Å². The number of ether oxygens (including phenoxy) is 2. The molecule has 0 rings (SSSR count). The van der Waals surface area contributed by atoms with Gasteiger partial charge in [-0.05, 0) is 32.6 Å². The van der Waals surface area contributed by atoms with E-state index in [1.165, 1.54) is 0 Å². The molecule has 0 amide bonds. The van der Waals surface area contributed by atoms with Gasteiger partial charge in [-0.1, -0.05) is 53.4 Å². The Kier molecular flexibility index (Phi) is 13.7. The Hall–Kier alpha value is -1.06. The lowest BCUT2D eigenvalue weighted by molar-refractivity contribution is -0.156. The van der Waals surface area contributed by atoms with Crippen molar-refractivity contribution in [2.24, 2.45) is 11.8 Å². The van der Waals surface area contributed by atoms with E-state index in [1.54, 1.807) is 0 Å². The highest BCUT2D eigenvalue weighted by Crippen LogP contribution is 2.17. The molecule has 0 aliphatic heterocycles. The first-order valence-electron chi connectivity index (χ1n) is 9.87. The fraction of sp³-hybridized carbons (Fsp3) is 0.900. The first-order valence-corrected chi connectivity index (χ1v) is 9.87. The summed E-state index contributed by atoms with van der Waals surface area (Å²) in [7, 11) is 0. The number of carbonyl (C=O) groups is 2. The van der Waals surface area contributed by atoms with Crippen molar-refractivity contribution in [1.82, 2.24) is 0 Å². The van der Waals surface area contributed by atoms with Crippen LogP contribution in [-0.4, -0.2) is 24.6 Å². The minimum Gasteiger partial charge on any atom is -0.465 e. The van der Waals surface area contributed by atoms with Crippen LogP contribution in [0.15, 0.2) is 0 Å². The standard InChI is InChI=1S/C20H38O4/c1-6-10-12-17(8-3)19(21)23-15-14-16(5)24-20(22)18(9-4)13-11-7-2/h16-18H,6-15H2,1-5H3. The SMILES string of the molecule is CCCCC(CC)C(=O)OCCC(C)OC(=O)C(CC)CCCC. The van der Waals surface area contributed by atoms with E-state index < -0.39 is 0 Å². The van der Waals surface area contributed by atoms with E-state index in [4.69, 9.17) is 9.47 Å². The van der Waals surface area contributed by atoms with E-state index >= 15 is 0 Å². The Morgan fingerprint density at radius 3 is 1.75 bits per heavy atom. The number of hydrogen-bond acceptors (Lipinski definition) is 4. The number of hydrogen-bond donors (Lipinski definition) is 0. The van der Waals surface area contributed by atoms with Crippen molar-refractivity contribution in [3.63, 3.8) is 0 Å². The summed E-state index contributed by atoms with van der Waals surface area (Å²) in [5, 5.41) is 0. The van der Waals surface area contributed by atoms with Crippen LogP contribution >= 0.6 is 0 Å². The largest absolute Gasteiger partial charge is 0.465 e. The Morgan fingerprint density at radius 2 is 1.29 bits per heavy atom. The monoisotopic (exact) mass is 342 g/mol. The zero-order valence-electron chi connectivity index (χ0n) is 16.4. The third kappa shape index (κ3) is 9.94. The zero-order valence-corrected chi connectivity index (χ0v) is 16.4. The van der Waals surface area contributed by atoms with Crippen LogP contribution in [0, 0.1) is 11.8 Å². The summed E-state index contributed by atoms with van der Waals surface area (Å²) in [5.74, 6) is -0.229. The summed E-state index contributed by atoms with van der Waals surface area (Å²) < 4.78 is 10.9. The molecule has 0 aliphatic carbocycles. The molecule has 0 aromatic rings. The second-order valence-electron chi connectivity index (χ2n) is 6.70. The Morgan fingerprint density at radius 1 is 0.792 bits per heavy atom. The predicted molar refractivity (Wildman–Crippen MR) is 97.7 cm³/mol. The van der Waals surface area contributed by atoms with Crippen LogP contribution in [0.2, 0.25) is 0 Å². The van der Waals surface area contributed by atoms with Crippen molar-refractivity contribution in [1.29, 1.82) is 0 Å². The van der Waals surface area contributed by atoms with Gasteiger partial charge in [0.15, 0.2) is 0 Å². The molecular formula is C20H38O4. The lowest BCUT2D eigenvalue weighted by Gasteiger charge is -2.19. The topological polar surface area (TPSA) is 52.6 Å². The Balaban J connectivity index is 4.09. The number of rotatable bonds is 14. The molecule has 0 saturated heterocycles. The molecule has 0 aromatic heterocycles. The molecule has 0 bridgehead atoms. The maximum atomic E-state index is 12.1. The highest BCUT2D eigenvalue weighted by Gasteiger charge is 2.21. The van der Waals surface area contributed by atoms with Gasteiger partial charge in [-0.2, -0.15) is 0 Å². The third-order valence-corrected chi connectivity index (χ3v) is 4.55. The molecule has 0 saturated carbocycles. The van der Waals surface area contributed by atoms with Crippen molar-refractivity contribution >= 4 is 11.9 Å². The van der Waals surface area contributed by atoms with Gasteiger partial charge < -0.3 is 9.47 Å². The van der Waals surface area contributed by atoms with Gasteiger partial charge in [0.25, 0.3) is 0 Å². The molecule has 3 unspecified atom stereocenters. The van der Waals surface area contributed by atoms with E-state index in [-0.39, 0.29) is 29.9 Å². The van der Waals surface area contributed by atoms with Crippen LogP contribution in [0.4, 0.5) is 0 Å². The van der Waals surface area contributed by atoms with Gasteiger partial charge in [0.1, 0.15) is 6.10 Å². The molecule has 0 spiro atoms. The molecule has 24 heavy (non-hydrogen) atoms. The second kappa shape index (κ2) is 14.3. The molecule has 4 heteroatoms. The van der Waals surface area contributed by atoms with Gasteiger partial charge in [0, 0.05) is 6.42 Å². The molecule has 0 aromatic carbocycles. The highest BCUT2D eigenvalue weighted by molar-refractivity contribution is 5.73. The lowest BCUT2D eigenvalue weighted by Crippen LogP contribution is -2.24. The molecule has 0 N–H and O–H groups in total. The average Bonchev–Trinajstić information content (AvgIpc) is 2.56. The van der Waals surface area contributed by atoms with Crippen molar-refractivity contribution in [3.8, 4) is 0 Å². The zero-order chi connectivity index (χ0) is 18.4. The van der Waals surface area contributed by atoms with Crippen LogP contribution in [0.1, 0.15) is 92.4 Å². The van der Waals surface area contributed by atoms with Crippen LogP contribution in [-0.2, 0) is 19.1 Å². The average molecular weight is 343 g/mol. The lowest BCUT2D eigenvalue weighted by atomic mass is 9.99. The molecular weight excluding hydrogens is 304 g/mol. The Labute approximate surface area is 148 Å². The van der Waals surface area contributed by atoms with Crippen LogP contribution in [0.3, 0.4) is 0 Å². The maximum Gasteiger partial charge on any atom is 0.309 e. The summed E-state index contributed by atoms with van der Waals surface area (Å²) in [4.78, 5) is 24.2. The summed E-state index contributed by atoms with van der Waals surface area (Å²) >= 11 is 0. The molecule has 0 fully saturated rings. The molecule has 0 heterocycles. The maximum absolute atomic E-state index is 12.1. The van der Waals surface area contributed by atoms with Gasteiger partial charge in [0.2, 0.25) is 0 Å². The first-order chi connectivity index (χ1) is 11.5. The van der Waals surface area contributed by atoms with Crippen molar-refractivity contribution < 1.29 is 19.1 Å². The summed E-state index contributed by atoms with van der Waals surface area (Å²) in [5.41, 5.74) is 0. The van der Waals surface area contributed by atoms with E-state index in [0.717, 1.165) is 51.4 Å². The van der Waals surface area contributed by atoms with Gasteiger partial charge in [-0.3, -0.25) is 9.59 Å². The van der Waals surface area contributed by atoms with E-state index in [0.29, 0.717) is 13.0 Å². The number of unbranched alkanes of at least 4 members (excludes halogenated alkanes) is 2. The smallest absolute Gasteiger partial charge is 0.309 e. The molecule has 4 nitrogen and oxygen atoms in total. The fourth-order valence-electron chi connectivity index (χ4n) is 2.68. The summed E-state index contributed by atoms with van der Waals surface area (Å²) in [6, 6.07) is 0. The fourth-order valence-corrected chi connectivity index (χ4v) is 2.68. The minimum absolute atomic E-state index is 0.00122. The summed E-state index contributed by atoms with van der Waals surface area (Å²) in [6.45, 7) is 10.5. The van der Waals surface area contributed by atoms with Gasteiger partial charge in [0.05, 0.1) is 18.4 Å². The molecule has 142 valence electrons. The Bertz CT molecular complexity index is 341. The minimum atomic E-state index is -0.211. The molecule has 0 aliphatic rings. The van der Waals surface area contributed by atoms with Gasteiger partial charge in [-0.25, -0.2) is 0 Å². The molecule has 0 radical (unpaired) electrons.